The zero-order valence-corrected chi connectivity index (χ0v) is 31.4. The second kappa shape index (κ2) is 14.5. The van der Waals surface area contributed by atoms with E-state index in [0.29, 0.717) is 35.3 Å². The van der Waals surface area contributed by atoms with E-state index in [2.05, 4.69) is 30.9 Å². The van der Waals surface area contributed by atoms with E-state index in [0.717, 1.165) is 71.3 Å². The van der Waals surface area contributed by atoms with Crippen molar-refractivity contribution in [1.82, 2.24) is 19.2 Å². The Kier molecular flexibility index (Phi) is 10.5. The molecular weight excluding hydrogens is 715 g/mol. The monoisotopic (exact) mass is 756 g/mol. The zero-order chi connectivity index (χ0) is 38.5. The Labute approximate surface area is 304 Å². The number of rotatable bonds is 11. The lowest BCUT2D eigenvalue weighted by atomic mass is 9.96. The molecule has 15 heteroatoms. The maximum Gasteiger partial charge on any atom is 0.477 e. The van der Waals surface area contributed by atoms with Crippen LogP contribution in [0.15, 0.2) is 60.8 Å². The van der Waals surface area contributed by atoms with E-state index in [1.807, 2.05) is 24.6 Å². The number of aryl methyl sites for hydroxylation is 3. The molecule has 10 nitrogen and oxygen atoms in total. The molecule has 0 bridgehead atoms. The van der Waals surface area contributed by atoms with Gasteiger partial charge in [-0.25, -0.2) is 27.5 Å². The van der Waals surface area contributed by atoms with Gasteiger partial charge in [-0.2, -0.15) is 18.3 Å². The van der Waals surface area contributed by atoms with Gasteiger partial charge in [-0.05, 0) is 86.2 Å². The van der Waals surface area contributed by atoms with Crippen LogP contribution in [0.5, 0.6) is 0 Å². The molecule has 1 aliphatic rings. The molecule has 0 saturated carbocycles. The van der Waals surface area contributed by atoms with Gasteiger partial charge in [0, 0.05) is 50.0 Å². The number of phosphoric ester groups is 1. The van der Waals surface area contributed by atoms with Crippen molar-refractivity contribution in [3.05, 3.63) is 106 Å². The molecule has 6 rings (SSSR count). The van der Waals surface area contributed by atoms with E-state index in [-0.39, 0.29) is 5.52 Å². The van der Waals surface area contributed by atoms with Crippen LogP contribution in [0.3, 0.4) is 0 Å². The Morgan fingerprint density at radius 1 is 0.981 bits per heavy atom. The number of nitrogens with zero attached hydrogens (tertiary/aromatic N) is 4. The average molecular weight is 757 g/mol. The van der Waals surface area contributed by atoms with Crippen molar-refractivity contribution in [2.75, 3.05) is 21.0 Å². The first-order valence-corrected chi connectivity index (χ1v) is 18.5. The molecule has 3 heterocycles. The third-order valence-corrected chi connectivity index (χ3v) is 11.3. The molecule has 0 unspecified atom stereocenters. The second-order valence-electron chi connectivity index (χ2n) is 13.3. The van der Waals surface area contributed by atoms with Crippen LogP contribution in [0.4, 0.5) is 22.4 Å². The lowest BCUT2D eigenvalue weighted by Gasteiger charge is -2.32. The number of fused-ring (bicyclic) bond motifs is 2. The Morgan fingerprint density at radius 2 is 1.66 bits per heavy atom. The highest BCUT2D eigenvalue weighted by atomic mass is 31.2. The highest BCUT2D eigenvalue weighted by Crippen LogP contribution is 2.48. The molecule has 2 aromatic heterocycles. The molecule has 0 N–H and O–H groups in total. The number of carbonyl (C=O) groups excluding carboxylic acids is 1. The van der Waals surface area contributed by atoms with Gasteiger partial charge >= 0.3 is 20.1 Å². The van der Waals surface area contributed by atoms with Crippen molar-refractivity contribution in [1.29, 1.82) is 0 Å². The van der Waals surface area contributed by atoms with Crippen molar-refractivity contribution < 1.29 is 45.2 Å². The SMILES string of the molecule is CCc1cccc(CC)c1-n1nc2c(c1-c1ccc(F)c3c1ccn3C(=O)OCOP(=O)(OC)OC)CN(Cc1ccc(C(F)(F)F)cc1C)C2(C)C. The number of hydrogen-bond donors (Lipinski definition) is 0. The highest BCUT2D eigenvalue weighted by Gasteiger charge is 2.44. The predicted octanol–water partition coefficient (Wildman–Crippen LogP) is 9.70. The molecule has 1 aliphatic heterocycles. The van der Waals surface area contributed by atoms with Crippen LogP contribution in [0.2, 0.25) is 0 Å². The molecule has 0 aliphatic carbocycles. The number of hydrogen-bond acceptors (Lipinski definition) is 8. The summed E-state index contributed by atoms with van der Waals surface area (Å²) in [5, 5.41) is 5.70. The summed E-state index contributed by atoms with van der Waals surface area (Å²) in [6.45, 7) is 9.85. The molecule has 0 spiro atoms. The quantitative estimate of drug-likeness (QED) is 0.0747. The van der Waals surface area contributed by atoms with E-state index >= 15 is 4.39 Å². The second-order valence-corrected chi connectivity index (χ2v) is 15.2. The molecule has 0 fully saturated rings. The van der Waals surface area contributed by atoms with Gasteiger partial charge in [0.25, 0.3) is 0 Å². The minimum absolute atomic E-state index is 0.0513. The highest BCUT2D eigenvalue weighted by molar-refractivity contribution is 7.48. The van der Waals surface area contributed by atoms with Crippen LogP contribution in [-0.2, 0) is 60.5 Å². The number of carbonyl (C=O) groups is 1. The third-order valence-electron chi connectivity index (χ3n) is 10.0. The summed E-state index contributed by atoms with van der Waals surface area (Å²) < 4.78 is 90.9. The Hall–Kier alpha value is -4.33. The number of halogens is 4. The third kappa shape index (κ3) is 6.94. The van der Waals surface area contributed by atoms with Gasteiger partial charge in [0.1, 0.15) is 5.82 Å². The summed E-state index contributed by atoms with van der Waals surface area (Å²) in [5.74, 6) is -0.684. The molecule has 5 aromatic rings. The maximum atomic E-state index is 15.7. The van der Waals surface area contributed by atoms with E-state index < -0.39 is 43.8 Å². The van der Waals surface area contributed by atoms with Crippen LogP contribution in [0.1, 0.15) is 66.8 Å². The topological polar surface area (TPSA) is 97.0 Å². The zero-order valence-electron chi connectivity index (χ0n) is 30.5. The normalized spacial score (nSPS) is 14.6. The number of para-hydroxylation sites is 1. The number of alkyl halides is 3. The summed E-state index contributed by atoms with van der Waals surface area (Å²) in [5.41, 5.74) is 5.88. The Balaban J connectivity index is 1.49. The lowest BCUT2D eigenvalue weighted by molar-refractivity contribution is -0.137. The molecule has 0 saturated heterocycles. The molecule has 282 valence electrons. The minimum atomic E-state index is -4.45. The maximum absolute atomic E-state index is 15.7. The van der Waals surface area contributed by atoms with E-state index in [4.69, 9.17) is 23.4 Å². The smallest absolute Gasteiger partial charge is 0.421 e. The van der Waals surface area contributed by atoms with E-state index in [9.17, 15) is 22.5 Å². The van der Waals surface area contributed by atoms with Gasteiger partial charge in [-0.15, -0.1) is 0 Å². The van der Waals surface area contributed by atoms with Crippen molar-refractivity contribution in [3.8, 4) is 16.9 Å². The fourth-order valence-electron chi connectivity index (χ4n) is 7.03. The van der Waals surface area contributed by atoms with Crippen LogP contribution in [-0.4, -0.2) is 46.4 Å². The molecule has 3 aromatic carbocycles. The van der Waals surface area contributed by atoms with Gasteiger partial charge in [0.2, 0.25) is 6.79 Å². The predicted molar refractivity (Wildman–Crippen MR) is 191 cm³/mol. The first kappa shape index (κ1) is 38.4. The van der Waals surface area contributed by atoms with E-state index in [1.54, 1.807) is 19.1 Å². The van der Waals surface area contributed by atoms with Gasteiger partial charge in [0.15, 0.2) is 0 Å². The summed E-state index contributed by atoms with van der Waals surface area (Å²) in [6, 6.07) is 14.5. The van der Waals surface area contributed by atoms with Crippen LogP contribution in [0, 0.1) is 12.7 Å². The number of phosphoric acid groups is 1. The Morgan fingerprint density at radius 3 is 2.26 bits per heavy atom. The molecule has 0 amide bonds. The first-order chi connectivity index (χ1) is 25.1. The van der Waals surface area contributed by atoms with Crippen LogP contribution in [0.25, 0.3) is 27.8 Å². The van der Waals surface area contributed by atoms with Crippen LogP contribution >= 0.6 is 7.82 Å². The molecular formula is C38H41F4N4O6P. The molecule has 53 heavy (non-hydrogen) atoms. The largest absolute Gasteiger partial charge is 0.477 e. The Bertz CT molecular complexity index is 2220. The van der Waals surface area contributed by atoms with Crippen molar-refractivity contribution >= 4 is 24.8 Å². The number of aromatic nitrogens is 3. The number of benzene rings is 3. The van der Waals surface area contributed by atoms with Gasteiger partial charge in [-0.3, -0.25) is 13.9 Å². The van der Waals surface area contributed by atoms with Gasteiger partial charge < -0.3 is 4.74 Å². The summed E-state index contributed by atoms with van der Waals surface area (Å²) in [7, 11) is -1.71. The van der Waals surface area contributed by atoms with Gasteiger partial charge in [0.05, 0.1) is 33.7 Å². The van der Waals surface area contributed by atoms with Gasteiger partial charge in [-0.1, -0.05) is 38.1 Å². The van der Waals surface area contributed by atoms with Crippen LogP contribution < -0.4 is 0 Å². The minimum Gasteiger partial charge on any atom is -0.421 e. The summed E-state index contributed by atoms with van der Waals surface area (Å²) >= 11 is 0. The fourth-order valence-corrected chi connectivity index (χ4v) is 7.57. The first-order valence-electron chi connectivity index (χ1n) is 17.1. The van der Waals surface area contributed by atoms with Crippen molar-refractivity contribution in [2.24, 2.45) is 0 Å². The molecule has 0 radical (unpaired) electrons. The standard InChI is InChI=1S/C38H41F4N4O6P/c1-8-24-11-10-12-25(9-2)32(24)46-33(28-15-16-31(39)34-29(28)17-18-45(34)36(47)51-22-52-53(48,49-6)50-7)30-21-44(37(4,5)35(30)43-46)20-26-13-14-27(19-23(26)3)38(40,41)42/h10-19H,8-9,20-22H2,1-7H3. The fraction of sp³-hybridized carbons (Fsp3) is 0.368. The van der Waals surface area contributed by atoms with Crippen molar-refractivity contribution in [3.63, 3.8) is 0 Å². The lowest BCUT2D eigenvalue weighted by Crippen LogP contribution is -2.36. The van der Waals surface area contributed by atoms with Crippen molar-refractivity contribution in [2.45, 2.75) is 72.3 Å². The summed E-state index contributed by atoms with van der Waals surface area (Å²) in [6.07, 6.45) is -2.61. The van der Waals surface area contributed by atoms with E-state index in [1.165, 1.54) is 24.4 Å². The average Bonchev–Trinajstić information content (AvgIpc) is 3.81. The number of ether oxygens (including phenoxy) is 1. The molecule has 0 atom stereocenters. The summed E-state index contributed by atoms with van der Waals surface area (Å²) in [4.78, 5) is 15.4.